The SMILES string of the molecule is O=C1CSC2(C(=O)N(Cc3c(Cl)cccc3Cl)c3ccccc32)N1c1ccc(F)cc1. The molecule has 3 aromatic carbocycles. The minimum atomic E-state index is -1.26. The van der Waals surface area contributed by atoms with E-state index in [0.29, 0.717) is 32.5 Å². The molecule has 4 nitrogen and oxygen atoms in total. The van der Waals surface area contributed by atoms with Crippen LogP contribution in [0.15, 0.2) is 66.7 Å². The van der Waals surface area contributed by atoms with Crippen LogP contribution in [0, 0.1) is 5.82 Å². The summed E-state index contributed by atoms with van der Waals surface area (Å²) in [6, 6.07) is 18.2. The summed E-state index contributed by atoms with van der Waals surface area (Å²) in [6.45, 7) is 0.169. The van der Waals surface area contributed by atoms with Crippen LogP contribution in [-0.2, 0) is 21.0 Å². The Balaban J connectivity index is 1.65. The van der Waals surface area contributed by atoms with Crippen LogP contribution in [-0.4, -0.2) is 17.6 Å². The predicted molar refractivity (Wildman–Crippen MR) is 122 cm³/mol. The average molecular weight is 473 g/mol. The molecule has 1 unspecified atom stereocenters. The number of para-hydroxylation sites is 1. The lowest BCUT2D eigenvalue weighted by Gasteiger charge is -2.33. The van der Waals surface area contributed by atoms with Crippen molar-refractivity contribution in [1.82, 2.24) is 0 Å². The summed E-state index contributed by atoms with van der Waals surface area (Å²) >= 11 is 14.0. The van der Waals surface area contributed by atoms with Crippen LogP contribution in [0.2, 0.25) is 10.0 Å². The minimum Gasteiger partial charge on any atom is -0.304 e. The zero-order valence-corrected chi connectivity index (χ0v) is 18.3. The Morgan fingerprint density at radius 1 is 0.935 bits per heavy atom. The third-order valence-electron chi connectivity index (χ3n) is 5.53. The number of fused-ring (bicyclic) bond motifs is 2. The Morgan fingerprint density at radius 3 is 2.32 bits per heavy atom. The molecule has 2 aliphatic heterocycles. The fraction of sp³-hybridized carbons (Fsp3) is 0.130. The molecule has 31 heavy (non-hydrogen) atoms. The quantitative estimate of drug-likeness (QED) is 0.497. The summed E-state index contributed by atoms with van der Waals surface area (Å²) in [5.74, 6) is -0.745. The van der Waals surface area contributed by atoms with Crippen LogP contribution in [0.3, 0.4) is 0 Å². The molecule has 5 rings (SSSR count). The zero-order valence-electron chi connectivity index (χ0n) is 16.0. The molecule has 2 amide bonds. The number of thioether (sulfide) groups is 1. The van der Waals surface area contributed by atoms with Gasteiger partial charge in [0.1, 0.15) is 5.82 Å². The molecule has 1 spiro atoms. The van der Waals surface area contributed by atoms with Crippen molar-refractivity contribution in [2.75, 3.05) is 15.6 Å². The van der Waals surface area contributed by atoms with Crippen molar-refractivity contribution in [3.05, 3.63) is 93.7 Å². The second-order valence-corrected chi connectivity index (χ2v) is 9.23. The molecule has 0 aliphatic carbocycles. The Labute approximate surface area is 192 Å². The highest BCUT2D eigenvalue weighted by Crippen LogP contribution is 2.56. The van der Waals surface area contributed by atoms with Crippen molar-refractivity contribution >= 4 is 58.2 Å². The molecule has 1 saturated heterocycles. The van der Waals surface area contributed by atoms with Gasteiger partial charge in [-0.25, -0.2) is 4.39 Å². The van der Waals surface area contributed by atoms with Gasteiger partial charge >= 0.3 is 0 Å². The lowest BCUT2D eigenvalue weighted by molar-refractivity contribution is -0.123. The van der Waals surface area contributed by atoms with Gasteiger partial charge in [0.2, 0.25) is 10.8 Å². The van der Waals surface area contributed by atoms with E-state index < -0.39 is 10.7 Å². The summed E-state index contributed by atoms with van der Waals surface area (Å²) in [5, 5.41) is 0.925. The van der Waals surface area contributed by atoms with Gasteiger partial charge in [-0.3, -0.25) is 14.5 Å². The van der Waals surface area contributed by atoms with E-state index in [1.165, 1.54) is 40.9 Å². The van der Waals surface area contributed by atoms with Gasteiger partial charge in [0.15, 0.2) is 0 Å². The first kappa shape index (κ1) is 20.4. The fourth-order valence-electron chi connectivity index (χ4n) is 4.14. The predicted octanol–water partition coefficient (Wildman–Crippen LogP) is 5.61. The highest BCUT2D eigenvalue weighted by atomic mass is 35.5. The molecule has 0 radical (unpaired) electrons. The maximum Gasteiger partial charge on any atom is 0.269 e. The van der Waals surface area contributed by atoms with Crippen LogP contribution in [0.25, 0.3) is 0 Å². The first-order valence-electron chi connectivity index (χ1n) is 9.50. The molecule has 0 bridgehead atoms. The topological polar surface area (TPSA) is 40.6 Å². The fourth-order valence-corrected chi connectivity index (χ4v) is 6.02. The van der Waals surface area contributed by atoms with E-state index in [1.807, 2.05) is 24.3 Å². The second kappa shape index (κ2) is 7.55. The van der Waals surface area contributed by atoms with E-state index in [-0.39, 0.29) is 24.1 Å². The van der Waals surface area contributed by atoms with Gasteiger partial charge in [0.05, 0.1) is 18.0 Å². The summed E-state index contributed by atoms with van der Waals surface area (Å²) < 4.78 is 13.5. The third-order valence-corrected chi connectivity index (χ3v) is 7.62. The molecule has 3 aromatic rings. The molecular formula is C23H15Cl2FN2O2S. The van der Waals surface area contributed by atoms with Crippen molar-refractivity contribution in [3.8, 4) is 0 Å². The number of rotatable bonds is 3. The van der Waals surface area contributed by atoms with E-state index in [0.717, 1.165) is 0 Å². The lowest BCUT2D eigenvalue weighted by Crippen LogP contribution is -2.49. The monoisotopic (exact) mass is 472 g/mol. The van der Waals surface area contributed by atoms with Gasteiger partial charge < -0.3 is 4.90 Å². The number of anilines is 2. The molecule has 0 N–H and O–H groups in total. The Morgan fingerprint density at radius 2 is 1.61 bits per heavy atom. The van der Waals surface area contributed by atoms with E-state index in [1.54, 1.807) is 23.1 Å². The summed E-state index contributed by atoms with van der Waals surface area (Å²) in [6.07, 6.45) is 0. The van der Waals surface area contributed by atoms with Gasteiger partial charge in [-0.05, 0) is 42.5 Å². The molecular weight excluding hydrogens is 458 g/mol. The number of carbonyl (C=O) groups excluding carboxylic acids is 2. The van der Waals surface area contributed by atoms with Crippen molar-refractivity contribution < 1.29 is 14.0 Å². The highest BCUT2D eigenvalue weighted by Gasteiger charge is 2.61. The molecule has 1 fully saturated rings. The van der Waals surface area contributed by atoms with E-state index in [9.17, 15) is 14.0 Å². The van der Waals surface area contributed by atoms with Crippen LogP contribution >= 0.6 is 35.0 Å². The van der Waals surface area contributed by atoms with Crippen LogP contribution < -0.4 is 9.80 Å². The average Bonchev–Trinajstić information content (AvgIpc) is 3.22. The molecule has 8 heteroatoms. The molecule has 2 aliphatic rings. The normalized spacial score (nSPS) is 20.1. The maximum atomic E-state index is 14.0. The first-order chi connectivity index (χ1) is 14.9. The van der Waals surface area contributed by atoms with Gasteiger partial charge in [-0.2, -0.15) is 0 Å². The van der Waals surface area contributed by atoms with E-state index >= 15 is 0 Å². The summed E-state index contributed by atoms with van der Waals surface area (Å²) in [5.41, 5.74) is 2.51. The maximum absolute atomic E-state index is 14.0. The van der Waals surface area contributed by atoms with Crippen molar-refractivity contribution in [2.24, 2.45) is 0 Å². The van der Waals surface area contributed by atoms with Gasteiger partial charge in [0, 0.05) is 26.9 Å². The van der Waals surface area contributed by atoms with E-state index in [2.05, 4.69) is 0 Å². The van der Waals surface area contributed by atoms with Crippen molar-refractivity contribution in [1.29, 1.82) is 0 Å². The van der Waals surface area contributed by atoms with Crippen LogP contribution in [0.4, 0.5) is 15.8 Å². The smallest absolute Gasteiger partial charge is 0.269 e. The van der Waals surface area contributed by atoms with Gasteiger partial charge in [0.25, 0.3) is 5.91 Å². The Hall–Kier alpha value is -2.54. The second-order valence-electron chi connectivity index (χ2n) is 7.25. The standard InChI is InChI=1S/C23H15Cl2FN2O2S/c24-18-5-3-6-19(25)16(18)12-27-20-7-2-1-4-17(20)23(22(27)30)28(21(29)13-31-23)15-10-8-14(26)9-11-15/h1-11H,12-13H2. The number of amides is 2. The minimum absolute atomic E-state index is 0.137. The molecule has 1 atom stereocenters. The summed E-state index contributed by atoms with van der Waals surface area (Å²) in [4.78, 5) is 28.7. The van der Waals surface area contributed by atoms with Gasteiger partial charge in [-0.1, -0.05) is 47.5 Å². The molecule has 0 aromatic heterocycles. The third kappa shape index (κ3) is 3.04. The number of hydrogen-bond donors (Lipinski definition) is 0. The highest BCUT2D eigenvalue weighted by molar-refractivity contribution is 8.02. The number of hydrogen-bond acceptors (Lipinski definition) is 3. The molecule has 2 heterocycles. The van der Waals surface area contributed by atoms with Crippen molar-refractivity contribution in [3.63, 3.8) is 0 Å². The Bertz CT molecular complexity index is 1200. The first-order valence-corrected chi connectivity index (χ1v) is 11.2. The largest absolute Gasteiger partial charge is 0.304 e. The summed E-state index contributed by atoms with van der Waals surface area (Å²) in [7, 11) is 0. The number of benzene rings is 3. The number of halogens is 3. The van der Waals surface area contributed by atoms with Crippen molar-refractivity contribution in [2.45, 2.75) is 11.4 Å². The van der Waals surface area contributed by atoms with Crippen LogP contribution in [0.5, 0.6) is 0 Å². The van der Waals surface area contributed by atoms with Crippen LogP contribution in [0.1, 0.15) is 11.1 Å². The van der Waals surface area contributed by atoms with Gasteiger partial charge in [-0.15, -0.1) is 11.8 Å². The Kier molecular flexibility index (Phi) is 4.96. The number of nitrogens with zero attached hydrogens (tertiary/aromatic N) is 2. The number of carbonyl (C=O) groups is 2. The zero-order chi connectivity index (χ0) is 21.8. The molecule has 156 valence electrons. The lowest BCUT2D eigenvalue weighted by atomic mass is 10.0. The molecule has 0 saturated carbocycles. The van der Waals surface area contributed by atoms with E-state index in [4.69, 9.17) is 23.2 Å².